The van der Waals surface area contributed by atoms with Crippen molar-refractivity contribution in [1.82, 2.24) is 5.01 Å². The summed E-state index contributed by atoms with van der Waals surface area (Å²) in [6, 6.07) is 13.1. The van der Waals surface area contributed by atoms with Crippen LogP contribution in [-0.2, 0) is 20.8 Å². The summed E-state index contributed by atoms with van der Waals surface area (Å²) >= 11 is 0. The van der Waals surface area contributed by atoms with Crippen molar-refractivity contribution in [2.45, 2.75) is 45.2 Å². The van der Waals surface area contributed by atoms with Gasteiger partial charge in [0.15, 0.2) is 12.1 Å². The molecule has 0 unspecified atom stereocenters. The Morgan fingerprint density at radius 2 is 1.71 bits per heavy atom. The van der Waals surface area contributed by atoms with Crippen LogP contribution in [0.15, 0.2) is 58.9 Å². The van der Waals surface area contributed by atoms with Gasteiger partial charge in [-0.15, -0.1) is 0 Å². The molecular weight excluding hydrogens is 394 g/mol. The summed E-state index contributed by atoms with van der Waals surface area (Å²) < 4.78 is 0. The Labute approximate surface area is 180 Å². The number of fused-ring (bicyclic) bond motifs is 1. The molecule has 0 aromatic heterocycles. The molecule has 2 aliphatic rings. The van der Waals surface area contributed by atoms with Crippen LogP contribution in [0.5, 0.6) is 0 Å². The topological polar surface area (TPSA) is 94.4 Å². The number of rotatable bonds is 6. The molecule has 31 heavy (non-hydrogen) atoms. The molecule has 2 heterocycles. The van der Waals surface area contributed by atoms with Crippen LogP contribution < -0.4 is 10.2 Å². The van der Waals surface area contributed by atoms with Crippen molar-refractivity contribution in [3.63, 3.8) is 0 Å². The number of carbonyl (C=O) groups excluding carboxylic acids is 3. The lowest BCUT2D eigenvalue weighted by Gasteiger charge is -2.20. The first kappa shape index (κ1) is 20.7. The maximum Gasteiger partial charge on any atom is 0.263 e. The Hall–Kier alpha value is -3.55. The van der Waals surface area contributed by atoms with Gasteiger partial charge >= 0.3 is 0 Å². The number of anilines is 2. The predicted molar refractivity (Wildman–Crippen MR) is 117 cm³/mol. The van der Waals surface area contributed by atoms with Gasteiger partial charge < -0.3 is 5.32 Å². The maximum atomic E-state index is 13.0. The van der Waals surface area contributed by atoms with Crippen LogP contribution in [0.2, 0.25) is 0 Å². The second-order valence-corrected chi connectivity index (χ2v) is 8.05. The standard InChI is InChI=1S/C23H25N5O3/c1-4-15-5-11-18(12-6-15)28-22(30)20-21(23(28)31)27(26-25-20)13-19(29)24-17-9-7-16(8-10-17)14(2)3/h5-12,14,20-21H,4,13H2,1-3H3,(H,24,29)/t20-,21-/m0/s1. The molecule has 1 fully saturated rings. The second kappa shape index (κ2) is 8.29. The Morgan fingerprint density at radius 3 is 2.32 bits per heavy atom. The predicted octanol–water partition coefficient (Wildman–Crippen LogP) is 3.30. The van der Waals surface area contributed by atoms with E-state index in [4.69, 9.17) is 0 Å². The Kier molecular flexibility index (Phi) is 5.54. The first-order valence-corrected chi connectivity index (χ1v) is 10.4. The van der Waals surface area contributed by atoms with Gasteiger partial charge in [0, 0.05) is 5.69 Å². The normalized spacial score (nSPS) is 20.0. The quantitative estimate of drug-likeness (QED) is 0.727. The molecule has 1 N–H and O–H groups in total. The molecule has 0 spiro atoms. The molecule has 0 saturated carbocycles. The molecule has 4 rings (SSSR count). The first-order valence-electron chi connectivity index (χ1n) is 10.4. The van der Waals surface area contributed by atoms with Gasteiger partial charge in [0.05, 0.1) is 5.69 Å². The minimum atomic E-state index is -0.920. The molecule has 2 aliphatic heterocycles. The zero-order chi connectivity index (χ0) is 22.1. The number of amides is 3. The van der Waals surface area contributed by atoms with Gasteiger partial charge in [-0.05, 0) is 47.7 Å². The summed E-state index contributed by atoms with van der Waals surface area (Å²) in [5.41, 5.74) is 3.46. The molecule has 2 aromatic rings. The van der Waals surface area contributed by atoms with E-state index in [1.165, 1.54) is 10.6 Å². The van der Waals surface area contributed by atoms with Crippen LogP contribution in [0.3, 0.4) is 0 Å². The van der Waals surface area contributed by atoms with Crippen molar-refractivity contribution in [3.8, 4) is 0 Å². The molecule has 2 atom stereocenters. The van der Waals surface area contributed by atoms with Gasteiger partial charge in [-0.2, -0.15) is 5.11 Å². The molecule has 2 aromatic carbocycles. The van der Waals surface area contributed by atoms with Crippen LogP contribution in [0, 0.1) is 0 Å². The van der Waals surface area contributed by atoms with Crippen molar-refractivity contribution < 1.29 is 14.4 Å². The van der Waals surface area contributed by atoms with Gasteiger partial charge in [-0.3, -0.25) is 19.4 Å². The summed E-state index contributed by atoms with van der Waals surface area (Å²) in [5, 5.41) is 12.0. The van der Waals surface area contributed by atoms with Crippen molar-refractivity contribution in [1.29, 1.82) is 0 Å². The summed E-state index contributed by atoms with van der Waals surface area (Å²) in [5.74, 6) is -0.768. The number of carbonyl (C=O) groups is 3. The fraction of sp³-hybridized carbons (Fsp3) is 0.348. The van der Waals surface area contributed by atoms with E-state index in [0.29, 0.717) is 17.3 Å². The SMILES string of the molecule is CCc1ccc(N2C(=O)[C@H]3N=NN(CC(=O)Nc4ccc(C(C)C)cc4)[C@@H]3C2=O)cc1. The lowest BCUT2D eigenvalue weighted by Crippen LogP contribution is -2.43. The van der Waals surface area contributed by atoms with Gasteiger partial charge in [0.1, 0.15) is 6.54 Å². The zero-order valence-electron chi connectivity index (χ0n) is 17.8. The lowest BCUT2D eigenvalue weighted by atomic mass is 10.0. The van der Waals surface area contributed by atoms with Gasteiger partial charge in [-0.25, -0.2) is 4.90 Å². The minimum absolute atomic E-state index is 0.168. The van der Waals surface area contributed by atoms with Crippen LogP contribution in [0.25, 0.3) is 0 Å². The zero-order valence-corrected chi connectivity index (χ0v) is 17.8. The number of hydrogen-bond donors (Lipinski definition) is 1. The first-order chi connectivity index (χ1) is 14.9. The molecule has 8 nitrogen and oxygen atoms in total. The average molecular weight is 419 g/mol. The average Bonchev–Trinajstić information content (AvgIpc) is 3.28. The molecule has 160 valence electrons. The lowest BCUT2D eigenvalue weighted by molar-refractivity contribution is -0.123. The van der Waals surface area contributed by atoms with Crippen LogP contribution in [0.4, 0.5) is 11.4 Å². The van der Waals surface area contributed by atoms with Crippen molar-refractivity contribution in [2.24, 2.45) is 10.3 Å². The summed E-state index contributed by atoms with van der Waals surface area (Å²) in [6.45, 7) is 6.07. The third-order valence-corrected chi connectivity index (χ3v) is 5.63. The highest BCUT2D eigenvalue weighted by atomic mass is 16.2. The highest BCUT2D eigenvalue weighted by Gasteiger charge is 2.55. The summed E-state index contributed by atoms with van der Waals surface area (Å²) in [4.78, 5) is 39.5. The van der Waals surface area contributed by atoms with E-state index in [9.17, 15) is 14.4 Å². The molecule has 1 saturated heterocycles. The number of imide groups is 1. The van der Waals surface area contributed by atoms with E-state index >= 15 is 0 Å². The molecular formula is C23H25N5O3. The summed E-state index contributed by atoms with van der Waals surface area (Å²) in [6.07, 6.45) is 0.866. The number of benzene rings is 2. The minimum Gasteiger partial charge on any atom is -0.324 e. The van der Waals surface area contributed by atoms with Gasteiger partial charge in [-0.1, -0.05) is 50.3 Å². The van der Waals surface area contributed by atoms with E-state index in [-0.39, 0.29) is 12.5 Å². The number of nitrogens with one attached hydrogen (secondary N) is 1. The Bertz CT molecular complexity index is 1030. The molecule has 8 heteroatoms. The fourth-order valence-corrected chi connectivity index (χ4v) is 3.79. The van der Waals surface area contributed by atoms with Crippen LogP contribution in [-0.4, -0.2) is 41.4 Å². The molecule has 0 radical (unpaired) electrons. The largest absolute Gasteiger partial charge is 0.324 e. The van der Waals surface area contributed by atoms with Gasteiger partial charge in [0.2, 0.25) is 5.91 Å². The molecule has 0 aliphatic carbocycles. The number of aryl methyl sites for hydroxylation is 1. The van der Waals surface area contributed by atoms with E-state index in [2.05, 4.69) is 29.5 Å². The smallest absolute Gasteiger partial charge is 0.263 e. The highest BCUT2D eigenvalue weighted by molar-refractivity contribution is 6.25. The Morgan fingerprint density at radius 1 is 1.03 bits per heavy atom. The van der Waals surface area contributed by atoms with Crippen LogP contribution in [0.1, 0.15) is 37.8 Å². The van der Waals surface area contributed by atoms with E-state index in [1.807, 2.05) is 43.3 Å². The fourth-order valence-electron chi connectivity index (χ4n) is 3.79. The van der Waals surface area contributed by atoms with Crippen molar-refractivity contribution in [3.05, 3.63) is 59.7 Å². The monoisotopic (exact) mass is 419 g/mol. The number of nitrogens with zero attached hydrogens (tertiary/aromatic N) is 4. The van der Waals surface area contributed by atoms with Crippen LogP contribution >= 0.6 is 0 Å². The molecule has 0 bridgehead atoms. The third kappa shape index (κ3) is 3.93. The van der Waals surface area contributed by atoms with E-state index in [1.54, 1.807) is 12.1 Å². The second-order valence-electron chi connectivity index (χ2n) is 8.05. The van der Waals surface area contributed by atoms with Gasteiger partial charge in [0.25, 0.3) is 11.8 Å². The summed E-state index contributed by atoms with van der Waals surface area (Å²) in [7, 11) is 0. The Balaban J connectivity index is 1.44. The van der Waals surface area contributed by atoms with E-state index < -0.39 is 23.9 Å². The van der Waals surface area contributed by atoms with Crippen molar-refractivity contribution >= 4 is 29.1 Å². The maximum absolute atomic E-state index is 13.0. The van der Waals surface area contributed by atoms with Crippen molar-refractivity contribution in [2.75, 3.05) is 16.8 Å². The number of hydrogen-bond acceptors (Lipinski definition) is 6. The molecule has 3 amide bonds. The highest BCUT2D eigenvalue weighted by Crippen LogP contribution is 2.32. The third-order valence-electron chi connectivity index (χ3n) is 5.63. The van der Waals surface area contributed by atoms with E-state index in [0.717, 1.165) is 16.9 Å².